The minimum atomic E-state index is -0.268. The smallest absolute Gasteiger partial charge is 0.309 e. The summed E-state index contributed by atoms with van der Waals surface area (Å²) in [5.74, 6) is 0.107. The quantitative estimate of drug-likeness (QED) is 0.487. The summed E-state index contributed by atoms with van der Waals surface area (Å²) in [4.78, 5) is 11.0. The van der Waals surface area contributed by atoms with Crippen LogP contribution in [-0.2, 0) is 16.0 Å². The minimum absolute atomic E-state index is 0.184. The Morgan fingerprint density at radius 3 is 2.63 bits per heavy atom. The first-order chi connectivity index (χ1) is 8.93. The molecule has 0 aliphatic rings. The Bertz CT molecular complexity index is 489. The van der Waals surface area contributed by atoms with E-state index in [1.54, 1.807) is 19.1 Å². The van der Waals surface area contributed by atoms with E-state index in [0.717, 1.165) is 5.57 Å². The largest absolute Gasteiger partial charge is 0.508 e. The number of aryl methyl sites for hydroxylation is 2. The van der Waals surface area contributed by atoms with E-state index in [1.165, 1.54) is 7.11 Å². The van der Waals surface area contributed by atoms with Crippen molar-refractivity contribution >= 4 is 5.97 Å². The molecule has 4 nitrogen and oxygen atoms in total. The molecule has 0 aromatic heterocycles. The summed E-state index contributed by atoms with van der Waals surface area (Å²) in [5, 5.41) is 19.4. The van der Waals surface area contributed by atoms with Crippen LogP contribution in [0, 0.1) is 6.92 Å². The molecule has 0 bridgehead atoms. The van der Waals surface area contributed by atoms with Crippen molar-refractivity contribution in [2.75, 3.05) is 7.11 Å². The van der Waals surface area contributed by atoms with Gasteiger partial charge in [-0.3, -0.25) is 4.79 Å². The molecular formula is C15H20O4. The van der Waals surface area contributed by atoms with Crippen molar-refractivity contribution in [1.29, 1.82) is 0 Å². The summed E-state index contributed by atoms with van der Waals surface area (Å²) in [6.07, 6.45) is 3.40. The number of phenols is 2. The van der Waals surface area contributed by atoms with Gasteiger partial charge in [0.2, 0.25) is 0 Å². The highest BCUT2D eigenvalue weighted by Crippen LogP contribution is 2.28. The lowest BCUT2D eigenvalue weighted by molar-refractivity contribution is -0.139. The molecule has 19 heavy (non-hydrogen) atoms. The molecule has 0 amide bonds. The Hall–Kier alpha value is -1.97. The zero-order chi connectivity index (χ0) is 14.4. The molecule has 0 radical (unpaired) electrons. The number of allylic oxidation sites excluding steroid dienone is 1. The fourth-order valence-electron chi connectivity index (χ4n) is 1.70. The number of hydrogen-bond donors (Lipinski definition) is 2. The predicted octanol–water partition coefficient (Wildman–Crippen LogP) is 2.85. The molecule has 0 atom stereocenters. The third-order valence-electron chi connectivity index (χ3n) is 3.03. The Morgan fingerprint density at radius 1 is 1.32 bits per heavy atom. The molecule has 0 heterocycles. The first kappa shape index (κ1) is 15.1. The van der Waals surface area contributed by atoms with E-state index in [9.17, 15) is 15.0 Å². The molecule has 1 aromatic rings. The van der Waals surface area contributed by atoms with Crippen molar-refractivity contribution < 1.29 is 19.7 Å². The van der Waals surface area contributed by atoms with E-state index < -0.39 is 0 Å². The van der Waals surface area contributed by atoms with E-state index in [-0.39, 0.29) is 23.9 Å². The molecule has 2 N–H and O–H groups in total. The number of rotatable bonds is 5. The number of ether oxygens (including phenoxy) is 1. The standard InChI is InChI=1S/C15H20O4/c1-10(5-7-15(18)19-3)4-6-12-9-13(16)11(2)8-14(12)17/h5,8-9,16-17H,4,6-7H2,1-3H3. The van der Waals surface area contributed by atoms with Crippen LogP contribution in [-0.4, -0.2) is 23.3 Å². The van der Waals surface area contributed by atoms with Crippen LogP contribution in [0.5, 0.6) is 11.5 Å². The summed E-state index contributed by atoms with van der Waals surface area (Å²) < 4.78 is 4.55. The first-order valence-electron chi connectivity index (χ1n) is 6.18. The number of carbonyl (C=O) groups is 1. The summed E-state index contributed by atoms with van der Waals surface area (Å²) in [5.41, 5.74) is 2.40. The Morgan fingerprint density at radius 2 is 2.00 bits per heavy atom. The van der Waals surface area contributed by atoms with Gasteiger partial charge < -0.3 is 14.9 Å². The number of carbonyl (C=O) groups excluding carboxylic acids is 1. The van der Waals surface area contributed by atoms with Gasteiger partial charge in [0.05, 0.1) is 13.5 Å². The van der Waals surface area contributed by atoms with Crippen molar-refractivity contribution in [2.24, 2.45) is 0 Å². The van der Waals surface area contributed by atoms with Gasteiger partial charge in [-0.25, -0.2) is 0 Å². The number of aromatic hydroxyl groups is 2. The summed E-state index contributed by atoms with van der Waals surface area (Å²) in [6.45, 7) is 3.66. The number of methoxy groups -OCH3 is 1. The van der Waals surface area contributed by atoms with Gasteiger partial charge in [-0.2, -0.15) is 0 Å². The second-order valence-electron chi connectivity index (χ2n) is 4.60. The summed E-state index contributed by atoms with van der Waals surface area (Å²) in [6, 6.07) is 3.14. The molecule has 0 unspecified atom stereocenters. The van der Waals surface area contributed by atoms with Gasteiger partial charge in [-0.15, -0.1) is 0 Å². The van der Waals surface area contributed by atoms with E-state index in [4.69, 9.17) is 0 Å². The van der Waals surface area contributed by atoms with Crippen LogP contribution < -0.4 is 0 Å². The SMILES string of the molecule is COC(=O)CC=C(C)CCc1cc(O)c(C)cc1O. The molecule has 0 fully saturated rings. The third-order valence-corrected chi connectivity index (χ3v) is 3.03. The van der Waals surface area contributed by atoms with Crippen molar-refractivity contribution in [2.45, 2.75) is 33.1 Å². The number of hydrogen-bond acceptors (Lipinski definition) is 4. The van der Waals surface area contributed by atoms with Gasteiger partial charge in [-0.05, 0) is 49.9 Å². The molecule has 104 valence electrons. The second-order valence-corrected chi connectivity index (χ2v) is 4.60. The molecule has 0 saturated heterocycles. The molecule has 4 heteroatoms. The van der Waals surface area contributed by atoms with E-state index >= 15 is 0 Å². The van der Waals surface area contributed by atoms with Crippen molar-refractivity contribution in [3.05, 3.63) is 34.9 Å². The third kappa shape index (κ3) is 4.66. The average molecular weight is 264 g/mol. The molecule has 1 rings (SSSR count). The maximum Gasteiger partial charge on any atom is 0.309 e. The Labute approximate surface area is 113 Å². The lowest BCUT2D eigenvalue weighted by Gasteiger charge is -2.08. The maximum absolute atomic E-state index is 11.0. The normalized spacial score (nSPS) is 11.4. The van der Waals surface area contributed by atoms with E-state index in [2.05, 4.69) is 4.74 Å². The summed E-state index contributed by atoms with van der Waals surface area (Å²) in [7, 11) is 1.36. The fraction of sp³-hybridized carbons (Fsp3) is 0.400. The van der Waals surface area contributed by atoms with Gasteiger partial charge in [-0.1, -0.05) is 11.6 Å². The second kappa shape index (κ2) is 6.83. The number of benzene rings is 1. The van der Waals surface area contributed by atoms with E-state index in [0.29, 0.717) is 24.0 Å². The number of phenolic OH excluding ortho intramolecular Hbond substituents is 2. The highest BCUT2D eigenvalue weighted by Gasteiger charge is 2.06. The maximum atomic E-state index is 11.0. The topological polar surface area (TPSA) is 66.8 Å². The molecule has 0 aliphatic heterocycles. The zero-order valence-corrected chi connectivity index (χ0v) is 11.6. The first-order valence-corrected chi connectivity index (χ1v) is 6.18. The number of esters is 1. The molecule has 0 aliphatic carbocycles. The summed E-state index contributed by atoms with van der Waals surface area (Å²) >= 11 is 0. The van der Waals surface area contributed by atoms with Crippen LogP contribution in [0.2, 0.25) is 0 Å². The van der Waals surface area contributed by atoms with Gasteiger partial charge >= 0.3 is 5.97 Å². The lowest BCUT2D eigenvalue weighted by Crippen LogP contribution is -1.98. The van der Waals surface area contributed by atoms with Crippen molar-refractivity contribution in [3.8, 4) is 11.5 Å². The predicted molar refractivity (Wildman–Crippen MR) is 73.2 cm³/mol. The van der Waals surface area contributed by atoms with Crippen LogP contribution in [0.1, 0.15) is 30.9 Å². The van der Waals surface area contributed by atoms with Crippen LogP contribution in [0.4, 0.5) is 0 Å². The lowest BCUT2D eigenvalue weighted by atomic mass is 10.0. The molecular weight excluding hydrogens is 244 g/mol. The minimum Gasteiger partial charge on any atom is -0.508 e. The van der Waals surface area contributed by atoms with E-state index in [1.807, 2.05) is 13.0 Å². The average Bonchev–Trinajstić information content (AvgIpc) is 2.38. The van der Waals surface area contributed by atoms with Gasteiger partial charge in [0.1, 0.15) is 11.5 Å². The van der Waals surface area contributed by atoms with Crippen molar-refractivity contribution in [1.82, 2.24) is 0 Å². The zero-order valence-electron chi connectivity index (χ0n) is 11.6. The van der Waals surface area contributed by atoms with Crippen LogP contribution in [0.25, 0.3) is 0 Å². The van der Waals surface area contributed by atoms with Gasteiger partial charge in [0, 0.05) is 0 Å². The van der Waals surface area contributed by atoms with Gasteiger partial charge in [0.15, 0.2) is 0 Å². The molecule has 0 saturated carbocycles. The van der Waals surface area contributed by atoms with Crippen LogP contribution in [0.3, 0.4) is 0 Å². The molecule has 1 aromatic carbocycles. The van der Waals surface area contributed by atoms with Gasteiger partial charge in [0.25, 0.3) is 0 Å². The highest BCUT2D eigenvalue weighted by atomic mass is 16.5. The monoisotopic (exact) mass is 264 g/mol. The molecule has 0 spiro atoms. The Kier molecular flexibility index (Phi) is 5.42. The van der Waals surface area contributed by atoms with Crippen molar-refractivity contribution in [3.63, 3.8) is 0 Å². The highest BCUT2D eigenvalue weighted by molar-refractivity contribution is 5.71. The fourth-order valence-corrected chi connectivity index (χ4v) is 1.70. The Balaban J connectivity index is 2.62. The van der Waals surface area contributed by atoms with Crippen LogP contribution >= 0.6 is 0 Å². The van der Waals surface area contributed by atoms with Crippen LogP contribution in [0.15, 0.2) is 23.8 Å².